The van der Waals surface area contributed by atoms with Gasteiger partial charge in [0.15, 0.2) is 5.78 Å². The molecule has 2 N–H and O–H groups in total. The second-order valence-corrected chi connectivity index (χ2v) is 2.97. The number of ketones is 1. The predicted molar refractivity (Wildman–Crippen MR) is 57.2 cm³/mol. The minimum Gasteiger partial charge on any atom is -0.396 e. The van der Waals surface area contributed by atoms with Crippen molar-refractivity contribution in [3.63, 3.8) is 0 Å². The summed E-state index contributed by atoms with van der Waals surface area (Å²) in [4.78, 5) is 24.7. The summed E-state index contributed by atoms with van der Waals surface area (Å²) in [5.41, 5.74) is 12.7. The molecule has 0 heterocycles. The van der Waals surface area contributed by atoms with Crippen LogP contribution in [0.2, 0.25) is 0 Å². The van der Waals surface area contributed by atoms with E-state index in [1.807, 2.05) is 0 Å². The molecule has 1 amide bonds. The fraction of sp³-hybridized carbons (Fsp3) is 0. The van der Waals surface area contributed by atoms with E-state index >= 15 is 0 Å². The molecule has 0 saturated heterocycles. The molecule has 0 aliphatic carbocycles. The van der Waals surface area contributed by atoms with Crippen LogP contribution in [-0.4, -0.2) is 11.7 Å². The number of benzene rings is 1. The van der Waals surface area contributed by atoms with Crippen LogP contribution in [0.15, 0.2) is 41.2 Å². The van der Waals surface area contributed by atoms with Gasteiger partial charge in [0.2, 0.25) is 0 Å². The number of amides is 1. The van der Waals surface area contributed by atoms with E-state index in [4.69, 9.17) is 11.3 Å². The summed E-state index contributed by atoms with van der Waals surface area (Å²) in [5, 5.41) is 2.71. The van der Waals surface area contributed by atoms with Crippen LogP contribution in [0.1, 0.15) is 10.4 Å². The summed E-state index contributed by atoms with van der Waals surface area (Å²) in [7, 11) is 0. The molecular formula is C10H7FN4O2. The Bertz CT molecular complexity index is 547. The lowest BCUT2D eigenvalue weighted by atomic mass is 10.1. The van der Waals surface area contributed by atoms with Crippen molar-refractivity contribution in [2.75, 3.05) is 0 Å². The van der Waals surface area contributed by atoms with Gasteiger partial charge >= 0.3 is 0 Å². The van der Waals surface area contributed by atoms with Crippen LogP contribution in [0.3, 0.4) is 0 Å². The van der Waals surface area contributed by atoms with Crippen LogP contribution >= 0.6 is 0 Å². The largest absolute Gasteiger partial charge is 0.396 e. The van der Waals surface area contributed by atoms with E-state index in [9.17, 15) is 14.0 Å². The molecule has 0 fully saturated rings. The molecule has 0 atom stereocenters. The van der Waals surface area contributed by atoms with Gasteiger partial charge in [-0.2, -0.15) is 0 Å². The van der Waals surface area contributed by atoms with Crippen LogP contribution in [0.4, 0.5) is 4.39 Å². The van der Waals surface area contributed by atoms with Crippen molar-refractivity contribution in [1.29, 1.82) is 0 Å². The van der Waals surface area contributed by atoms with Crippen molar-refractivity contribution in [1.82, 2.24) is 0 Å². The first-order valence-corrected chi connectivity index (χ1v) is 4.41. The first kappa shape index (κ1) is 12.4. The highest BCUT2D eigenvalue weighted by molar-refractivity contribution is 6.09. The summed E-state index contributed by atoms with van der Waals surface area (Å²) < 4.78 is 12.8. The first-order valence-electron chi connectivity index (χ1n) is 4.41. The Hall–Kier alpha value is -2.66. The topological polar surface area (TPSA) is 109 Å². The Morgan fingerprint density at radius 2 is 2.18 bits per heavy atom. The zero-order valence-corrected chi connectivity index (χ0v) is 8.50. The average Bonchev–Trinajstić information content (AvgIpc) is 2.29. The molecule has 0 saturated carbocycles. The Morgan fingerprint density at radius 3 is 2.76 bits per heavy atom. The second kappa shape index (κ2) is 5.43. The highest BCUT2D eigenvalue weighted by Crippen LogP contribution is 2.06. The Morgan fingerprint density at radius 1 is 1.47 bits per heavy atom. The van der Waals surface area contributed by atoms with Gasteiger partial charge in [-0.05, 0) is 22.8 Å². The number of nitrogens with zero attached hydrogens (tertiary/aromatic N) is 3. The van der Waals surface area contributed by atoms with Crippen molar-refractivity contribution >= 4 is 11.7 Å². The van der Waals surface area contributed by atoms with Crippen molar-refractivity contribution in [3.8, 4) is 0 Å². The number of carbonyl (C=O) groups is 2. The van der Waals surface area contributed by atoms with Crippen molar-refractivity contribution in [2.24, 2.45) is 10.8 Å². The predicted octanol–water partition coefficient (Wildman–Crippen LogP) is 1.69. The lowest BCUT2D eigenvalue weighted by Gasteiger charge is -1.97. The Kier molecular flexibility index (Phi) is 3.96. The number of carbonyl (C=O) groups excluding carboxylic acids is 2. The van der Waals surface area contributed by atoms with E-state index in [1.54, 1.807) is 0 Å². The first-order chi connectivity index (χ1) is 8.04. The van der Waals surface area contributed by atoms with Gasteiger partial charge in [0.05, 0.1) is 5.70 Å². The lowest BCUT2D eigenvalue weighted by molar-refractivity contribution is -0.114. The number of azide groups is 1. The fourth-order valence-electron chi connectivity index (χ4n) is 1.03. The van der Waals surface area contributed by atoms with Gasteiger partial charge in [-0.15, -0.1) is 0 Å². The highest BCUT2D eigenvalue weighted by atomic mass is 19.1. The minimum atomic E-state index is -1.06. The SMILES string of the molecule is [N-]=[N+]=NC(=O)C(N)=CC(=O)c1cccc(F)c1. The van der Waals surface area contributed by atoms with Crippen LogP contribution < -0.4 is 5.73 Å². The molecule has 0 spiro atoms. The molecule has 0 aliphatic heterocycles. The maximum atomic E-state index is 12.8. The molecule has 0 radical (unpaired) electrons. The van der Waals surface area contributed by atoms with Gasteiger partial charge in [0.25, 0.3) is 5.91 Å². The number of hydrogen-bond donors (Lipinski definition) is 1. The van der Waals surface area contributed by atoms with Gasteiger partial charge in [-0.1, -0.05) is 12.1 Å². The van der Waals surface area contributed by atoms with Crippen LogP contribution in [0.5, 0.6) is 0 Å². The standard InChI is InChI=1S/C10H7FN4O2/c11-7-3-1-2-6(4-7)9(16)5-8(12)10(17)14-15-13/h1-5H,12H2. The molecule has 7 heteroatoms. The maximum absolute atomic E-state index is 12.8. The number of hydrogen-bond acceptors (Lipinski definition) is 3. The van der Waals surface area contributed by atoms with Gasteiger partial charge in [-0.25, -0.2) is 4.39 Å². The molecule has 0 aromatic heterocycles. The third-order valence-corrected chi connectivity index (χ3v) is 1.78. The number of nitrogens with two attached hydrogens (primary N) is 1. The molecule has 1 aromatic rings. The van der Waals surface area contributed by atoms with Crippen molar-refractivity contribution < 1.29 is 14.0 Å². The molecule has 0 aliphatic rings. The Balaban J connectivity index is 2.96. The molecule has 1 aromatic carbocycles. The molecule has 6 nitrogen and oxygen atoms in total. The van der Waals surface area contributed by atoms with E-state index in [-0.39, 0.29) is 5.56 Å². The molecular weight excluding hydrogens is 227 g/mol. The average molecular weight is 234 g/mol. The lowest BCUT2D eigenvalue weighted by Crippen LogP contribution is -2.11. The quantitative estimate of drug-likeness (QED) is 0.282. The number of allylic oxidation sites excluding steroid dienone is 1. The van der Waals surface area contributed by atoms with E-state index in [0.29, 0.717) is 0 Å². The summed E-state index contributed by atoms with van der Waals surface area (Å²) in [5.74, 6) is -2.29. The van der Waals surface area contributed by atoms with E-state index in [0.717, 1.165) is 12.1 Å². The van der Waals surface area contributed by atoms with E-state index in [2.05, 4.69) is 10.0 Å². The van der Waals surface area contributed by atoms with Gasteiger partial charge < -0.3 is 5.73 Å². The smallest absolute Gasteiger partial charge is 0.264 e. The molecule has 1 rings (SSSR count). The van der Waals surface area contributed by atoms with E-state index < -0.39 is 23.2 Å². The number of halogens is 1. The summed E-state index contributed by atoms with van der Waals surface area (Å²) in [6.45, 7) is 0. The van der Waals surface area contributed by atoms with Crippen LogP contribution in [0, 0.1) is 5.82 Å². The van der Waals surface area contributed by atoms with E-state index in [1.165, 1.54) is 18.2 Å². The second-order valence-electron chi connectivity index (χ2n) is 2.97. The van der Waals surface area contributed by atoms with Gasteiger partial charge in [0.1, 0.15) is 5.82 Å². The Labute approximate surface area is 95.2 Å². The highest BCUT2D eigenvalue weighted by Gasteiger charge is 2.08. The molecule has 0 unspecified atom stereocenters. The molecule has 17 heavy (non-hydrogen) atoms. The summed E-state index contributed by atoms with van der Waals surface area (Å²) in [6.07, 6.45) is 0.784. The zero-order valence-electron chi connectivity index (χ0n) is 8.50. The van der Waals surface area contributed by atoms with Gasteiger partial charge in [0, 0.05) is 16.6 Å². The van der Waals surface area contributed by atoms with Gasteiger partial charge in [-0.3, -0.25) is 9.59 Å². The molecule has 86 valence electrons. The summed E-state index contributed by atoms with van der Waals surface area (Å²) in [6, 6.07) is 4.90. The third kappa shape index (κ3) is 3.44. The molecule has 0 bridgehead atoms. The maximum Gasteiger partial charge on any atom is 0.264 e. The van der Waals surface area contributed by atoms with Crippen LogP contribution in [-0.2, 0) is 4.79 Å². The van der Waals surface area contributed by atoms with Crippen molar-refractivity contribution in [2.45, 2.75) is 0 Å². The monoisotopic (exact) mass is 234 g/mol. The summed E-state index contributed by atoms with van der Waals surface area (Å²) >= 11 is 0. The van der Waals surface area contributed by atoms with Crippen molar-refractivity contribution in [3.05, 3.63) is 57.9 Å². The third-order valence-electron chi connectivity index (χ3n) is 1.78. The van der Waals surface area contributed by atoms with Crippen LogP contribution in [0.25, 0.3) is 10.4 Å². The normalized spacial score (nSPS) is 10.5. The number of rotatable bonds is 3. The minimum absolute atomic E-state index is 0.0432. The zero-order chi connectivity index (χ0) is 12.8. The fourth-order valence-corrected chi connectivity index (χ4v) is 1.03.